The molecule has 0 radical (unpaired) electrons. The highest BCUT2D eigenvalue weighted by atomic mass is 32.2. The molecule has 1 saturated heterocycles. The fourth-order valence-electron chi connectivity index (χ4n) is 8.62. The standard InChI is InChI=1S/C42H53N5O6S/c1-24(2)47-39(37(28(7)43-47)42(49)45-21-26(5)53-27(6)22-45)32-18-31-19-33(52-8)15-17-34(31)40-38(29-12-10-9-11-13-29)35-16-14-30(20-36(35)46(40)23-32)41(48)44-54(50,51)25(3)4/h14-20,24-27,29H,9-13,21-23H2,1-8H3,(H,44,48)/t26-,27+. The van der Waals surface area contributed by atoms with Crippen LogP contribution < -0.4 is 9.46 Å². The van der Waals surface area contributed by atoms with Gasteiger partial charge in [0.05, 0.1) is 53.8 Å². The van der Waals surface area contributed by atoms with Crippen molar-refractivity contribution in [2.75, 3.05) is 20.2 Å². The number of aromatic nitrogens is 3. The second-order valence-corrected chi connectivity index (χ2v) is 18.1. The van der Waals surface area contributed by atoms with Crippen LogP contribution >= 0.6 is 0 Å². The van der Waals surface area contributed by atoms with Gasteiger partial charge in [-0.2, -0.15) is 5.10 Å². The highest BCUT2D eigenvalue weighted by molar-refractivity contribution is 7.90. The number of aryl methyl sites for hydroxylation is 1. The molecule has 2 aromatic heterocycles. The van der Waals surface area contributed by atoms with Gasteiger partial charge in [0, 0.05) is 41.2 Å². The number of methoxy groups -OCH3 is 1. The van der Waals surface area contributed by atoms with Crippen molar-refractivity contribution in [3.05, 3.63) is 70.0 Å². The Morgan fingerprint density at radius 3 is 2.31 bits per heavy atom. The number of fused-ring (bicyclic) bond motifs is 5. The molecule has 0 bridgehead atoms. The molecule has 1 aliphatic carbocycles. The topological polar surface area (TPSA) is 125 Å². The maximum absolute atomic E-state index is 14.7. The molecular weight excluding hydrogens is 703 g/mol. The van der Waals surface area contributed by atoms with Gasteiger partial charge in [-0.05, 0) is 120 Å². The summed E-state index contributed by atoms with van der Waals surface area (Å²) < 4.78 is 43.8. The minimum atomic E-state index is -3.85. The highest BCUT2D eigenvalue weighted by Crippen LogP contribution is 2.48. The number of hydrogen-bond acceptors (Lipinski definition) is 7. The molecule has 4 aromatic rings. The van der Waals surface area contributed by atoms with Crippen molar-refractivity contribution in [3.63, 3.8) is 0 Å². The van der Waals surface area contributed by atoms with Crippen LogP contribution in [0.3, 0.4) is 0 Å². The second-order valence-electron chi connectivity index (χ2n) is 15.9. The number of morpholine rings is 1. The van der Waals surface area contributed by atoms with Crippen LogP contribution in [-0.2, 0) is 21.3 Å². The predicted molar refractivity (Wildman–Crippen MR) is 212 cm³/mol. The molecule has 2 aromatic carbocycles. The molecule has 2 fully saturated rings. The molecule has 1 saturated carbocycles. The average molecular weight is 756 g/mol. The lowest BCUT2D eigenvalue weighted by Crippen LogP contribution is -2.48. The van der Waals surface area contributed by atoms with E-state index in [0.29, 0.717) is 36.8 Å². The maximum atomic E-state index is 14.7. The summed E-state index contributed by atoms with van der Waals surface area (Å²) >= 11 is 0. The summed E-state index contributed by atoms with van der Waals surface area (Å²) in [7, 11) is -2.18. The lowest BCUT2D eigenvalue weighted by molar-refractivity contribution is -0.0586. The van der Waals surface area contributed by atoms with Gasteiger partial charge in [-0.3, -0.25) is 14.3 Å². The monoisotopic (exact) mass is 755 g/mol. The SMILES string of the molecule is COc1ccc2c(c1)C=C(c1c(C(=O)N3C[C@@H](C)O[C@@H](C)C3)c(C)nn1C(C)C)Cn1c-2c(C2CCCCC2)c2ccc(C(=O)NS(=O)(=O)C(C)C)cc21. The lowest BCUT2D eigenvalue weighted by Gasteiger charge is -2.35. The van der Waals surface area contributed by atoms with E-state index < -0.39 is 21.2 Å². The van der Waals surface area contributed by atoms with Crippen LogP contribution in [0.4, 0.5) is 0 Å². The van der Waals surface area contributed by atoms with Gasteiger partial charge in [-0.25, -0.2) is 13.1 Å². The molecule has 12 heteroatoms. The number of allylic oxidation sites excluding steroid dienone is 1. The number of benzene rings is 2. The Bertz CT molecular complexity index is 2250. The largest absolute Gasteiger partial charge is 0.497 e. The predicted octanol–water partition coefficient (Wildman–Crippen LogP) is 7.72. The van der Waals surface area contributed by atoms with Crippen molar-refractivity contribution in [1.29, 1.82) is 0 Å². The van der Waals surface area contributed by atoms with Crippen LogP contribution in [0.2, 0.25) is 0 Å². The first-order valence-corrected chi connectivity index (χ1v) is 20.9. The molecule has 2 atom stereocenters. The molecule has 54 heavy (non-hydrogen) atoms. The zero-order valence-electron chi connectivity index (χ0n) is 32.7. The van der Waals surface area contributed by atoms with Gasteiger partial charge in [0.15, 0.2) is 0 Å². The summed E-state index contributed by atoms with van der Waals surface area (Å²) in [5, 5.41) is 5.28. The van der Waals surface area contributed by atoms with Gasteiger partial charge in [0.2, 0.25) is 10.0 Å². The van der Waals surface area contributed by atoms with Gasteiger partial charge in [0.25, 0.3) is 11.8 Å². The number of sulfonamides is 1. The van der Waals surface area contributed by atoms with E-state index in [1.807, 2.05) is 48.6 Å². The van der Waals surface area contributed by atoms with Gasteiger partial charge in [-0.15, -0.1) is 0 Å². The third-order valence-corrected chi connectivity index (χ3v) is 12.9. The third kappa shape index (κ3) is 6.87. The Kier molecular flexibility index (Phi) is 10.3. The van der Waals surface area contributed by atoms with Crippen molar-refractivity contribution in [2.24, 2.45) is 0 Å². The minimum Gasteiger partial charge on any atom is -0.497 e. The summed E-state index contributed by atoms with van der Waals surface area (Å²) in [4.78, 5) is 30.1. The quantitative estimate of drug-likeness (QED) is 0.195. The Morgan fingerprint density at radius 1 is 0.963 bits per heavy atom. The maximum Gasteiger partial charge on any atom is 0.264 e. The van der Waals surface area contributed by atoms with Gasteiger partial charge < -0.3 is 18.9 Å². The first kappa shape index (κ1) is 37.9. The first-order chi connectivity index (χ1) is 25.7. The van der Waals surface area contributed by atoms with E-state index in [2.05, 4.69) is 41.3 Å². The molecule has 2 amide bonds. The van der Waals surface area contributed by atoms with E-state index in [1.54, 1.807) is 27.0 Å². The summed E-state index contributed by atoms with van der Waals surface area (Å²) in [5.41, 5.74) is 8.32. The average Bonchev–Trinajstić information content (AvgIpc) is 3.59. The molecular formula is C42H53N5O6S. The fraction of sp³-hybridized carbons (Fsp3) is 0.500. The molecule has 0 unspecified atom stereocenters. The number of nitrogens with zero attached hydrogens (tertiary/aromatic N) is 4. The number of nitrogens with one attached hydrogen (secondary N) is 1. The number of carbonyl (C=O) groups is 2. The Morgan fingerprint density at radius 2 is 1.67 bits per heavy atom. The van der Waals surface area contributed by atoms with Crippen LogP contribution in [0.5, 0.6) is 5.75 Å². The highest BCUT2D eigenvalue weighted by Gasteiger charge is 2.35. The molecule has 11 nitrogen and oxygen atoms in total. The van der Waals surface area contributed by atoms with Crippen molar-refractivity contribution in [1.82, 2.24) is 24.0 Å². The summed E-state index contributed by atoms with van der Waals surface area (Å²) in [6, 6.07) is 11.7. The van der Waals surface area contributed by atoms with Crippen LogP contribution in [0, 0.1) is 6.92 Å². The van der Waals surface area contributed by atoms with Crippen molar-refractivity contribution >= 4 is 44.4 Å². The Hall–Kier alpha value is -4.42. The zero-order valence-corrected chi connectivity index (χ0v) is 33.5. The summed E-state index contributed by atoms with van der Waals surface area (Å²) in [6.45, 7) is 14.5. The molecule has 288 valence electrons. The van der Waals surface area contributed by atoms with Crippen molar-refractivity contribution in [3.8, 4) is 17.0 Å². The molecule has 7 rings (SSSR count). The number of ether oxygens (including phenoxy) is 2. The normalized spacial score (nSPS) is 19.4. The molecule has 0 spiro atoms. The third-order valence-electron chi connectivity index (χ3n) is 11.2. The van der Waals surface area contributed by atoms with Gasteiger partial charge in [-0.1, -0.05) is 25.3 Å². The van der Waals surface area contributed by atoms with E-state index >= 15 is 0 Å². The van der Waals surface area contributed by atoms with Crippen LogP contribution in [0.1, 0.15) is 129 Å². The van der Waals surface area contributed by atoms with Gasteiger partial charge in [0.1, 0.15) is 5.75 Å². The Labute approximate surface area is 318 Å². The van der Waals surface area contributed by atoms with Gasteiger partial charge >= 0.3 is 0 Å². The van der Waals surface area contributed by atoms with Crippen LogP contribution in [-0.4, -0.2) is 77.1 Å². The minimum absolute atomic E-state index is 0.0476. The van der Waals surface area contributed by atoms with Crippen molar-refractivity contribution < 1.29 is 27.5 Å². The second kappa shape index (κ2) is 14.7. The van der Waals surface area contributed by atoms with E-state index in [-0.39, 0.29) is 29.7 Å². The molecule has 1 N–H and O–H groups in total. The molecule has 2 aliphatic heterocycles. The van der Waals surface area contributed by atoms with Crippen LogP contribution in [0.25, 0.3) is 33.8 Å². The molecule has 4 heterocycles. The number of carbonyl (C=O) groups excluding carboxylic acids is 2. The van der Waals surface area contributed by atoms with Crippen LogP contribution in [0.15, 0.2) is 36.4 Å². The molecule has 3 aliphatic rings. The smallest absolute Gasteiger partial charge is 0.264 e. The lowest BCUT2D eigenvalue weighted by atomic mass is 9.81. The summed E-state index contributed by atoms with van der Waals surface area (Å²) in [6.07, 6.45) is 7.58. The zero-order chi connectivity index (χ0) is 38.6. The van der Waals surface area contributed by atoms with E-state index in [0.717, 1.165) is 70.4 Å². The number of hydrogen-bond donors (Lipinski definition) is 1. The number of amides is 2. The first-order valence-electron chi connectivity index (χ1n) is 19.3. The van der Waals surface area contributed by atoms with E-state index in [4.69, 9.17) is 14.6 Å². The van der Waals surface area contributed by atoms with E-state index in [9.17, 15) is 18.0 Å². The number of rotatable bonds is 8. The van der Waals surface area contributed by atoms with Crippen molar-refractivity contribution in [2.45, 2.75) is 117 Å². The van der Waals surface area contributed by atoms with E-state index in [1.165, 1.54) is 12.0 Å². The summed E-state index contributed by atoms with van der Waals surface area (Å²) in [5.74, 6) is 0.295. The Balaban J connectivity index is 1.48. The fourth-order valence-corrected chi connectivity index (χ4v) is 9.23.